The van der Waals surface area contributed by atoms with Gasteiger partial charge in [0.1, 0.15) is 5.75 Å². The first-order valence-corrected chi connectivity index (χ1v) is 13.0. The van der Waals surface area contributed by atoms with Gasteiger partial charge in [0.15, 0.2) is 5.13 Å². The molecule has 4 fully saturated rings. The number of ether oxygens (including phenoxy) is 1. The number of hydrogen-bond acceptors (Lipinski definition) is 5. The van der Waals surface area contributed by atoms with Gasteiger partial charge < -0.3 is 4.74 Å². The van der Waals surface area contributed by atoms with E-state index in [0.717, 1.165) is 29.9 Å². The van der Waals surface area contributed by atoms with Crippen LogP contribution in [0.4, 0.5) is 5.13 Å². The predicted molar refractivity (Wildman–Crippen MR) is 115 cm³/mol. The van der Waals surface area contributed by atoms with Gasteiger partial charge in [0, 0.05) is 5.38 Å². The second-order valence-electron chi connectivity index (χ2n) is 9.25. The van der Waals surface area contributed by atoms with Crippen LogP contribution in [0.3, 0.4) is 0 Å². The molecule has 7 heteroatoms. The quantitative estimate of drug-likeness (QED) is 0.661. The van der Waals surface area contributed by atoms with Gasteiger partial charge in [-0.1, -0.05) is 0 Å². The molecule has 29 heavy (non-hydrogen) atoms. The van der Waals surface area contributed by atoms with E-state index in [0.29, 0.717) is 22.9 Å². The topological polar surface area (TPSA) is 68.3 Å². The van der Waals surface area contributed by atoms with E-state index in [4.69, 9.17) is 4.74 Å². The first-order chi connectivity index (χ1) is 13.9. The lowest BCUT2D eigenvalue weighted by molar-refractivity contribution is -0.0525. The van der Waals surface area contributed by atoms with Crippen molar-refractivity contribution in [2.24, 2.45) is 23.2 Å². The number of thiazole rings is 1. The van der Waals surface area contributed by atoms with E-state index in [2.05, 4.69) is 9.71 Å². The van der Waals surface area contributed by atoms with E-state index >= 15 is 0 Å². The molecular weight excluding hydrogens is 404 g/mol. The average molecular weight is 433 g/mol. The van der Waals surface area contributed by atoms with Gasteiger partial charge in [0.2, 0.25) is 0 Å². The highest BCUT2D eigenvalue weighted by molar-refractivity contribution is 7.93. The molecule has 6 rings (SSSR count). The number of hydrogen-bond donors (Lipinski definition) is 1. The van der Waals surface area contributed by atoms with Gasteiger partial charge in [-0.15, -0.1) is 11.3 Å². The molecule has 2 aromatic rings. The summed E-state index contributed by atoms with van der Waals surface area (Å²) in [7, 11) is -3.64. The predicted octanol–water partition coefficient (Wildman–Crippen LogP) is 5.10. The third kappa shape index (κ3) is 3.91. The van der Waals surface area contributed by atoms with Crippen molar-refractivity contribution in [2.75, 3.05) is 11.3 Å². The minimum atomic E-state index is -3.64. The Labute approximate surface area is 176 Å². The van der Waals surface area contributed by atoms with Gasteiger partial charge in [-0.05, 0) is 99.3 Å². The van der Waals surface area contributed by atoms with Crippen LogP contribution in [0, 0.1) is 23.2 Å². The summed E-state index contributed by atoms with van der Waals surface area (Å²) in [6.07, 6.45) is 9.31. The maximum Gasteiger partial charge on any atom is 0.263 e. The second-order valence-corrected chi connectivity index (χ2v) is 11.8. The third-order valence-corrected chi connectivity index (χ3v) is 9.23. The second kappa shape index (κ2) is 7.27. The molecule has 4 aliphatic carbocycles. The van der Waals surface area contributed by atoms with Crippen molar-refractivity contribution in [1.29, 1.82) is 0 Å². The van der Waals surface area contributed by atoms with Crippen LogP contribution in [0.5, 0.6) is 5.75 Å². The van der Waals surface area contributed by atoms with Crippen LogP contribution in [-0.2, 0) is 16.4 Å². The number of rotatable bonds is 7. The summed E-state index contributed by atoms with van der Waals surface area (Å²) < 4.78 is 33.4. The summed E-state index contributed by atoms with van der Waals surface area (Å²) in [6, 6.07) is 6.49. The standard InChI is InChI=1S/C22H28N2O3S2/c1-2-27-19-3-5-20(6-4-19)29(25,26)24-21-23-18(14-28-21)13-22-10-15-7-16(11-22)9-17(8-15)12-22/h3-6,14-17H,2,7-13H2,1H3,(H,23,24). The minimum absolute atomic E-state index is 0.221. The molecule has 5 nitrogen and oxygen atoms in total. The highest BCUT2D eigenvalue weighted by atomic mass is 32.2. The van der Waals surface area contributed by atoms with Crippen molar-refractivity contribution in [3.05, 3.63) is 35.3 Å². The molecule has 0 saturated heterocycles. The molecule has 0 aliphatic heterocycles. The van der Waals surface area contributed by atoms with Crippen LogP contribution in [0.15, 0.2) is 34.5 Å². The largest absolute Gasteiger partial charge is 0.494 e. The van der Waals surface area contributed by atoms with Crippen molar-refractivity contribution in [2.45, 2.75) is 56.8 Å². The smallest absolute Gasteiger partial charge is 0.263 e. The third-order valence-electron chi connectivity index (χ3n) is 6.94. The molecule has 4 aliphatic rings. The number of nitrogens with one attached hydrogen (secondary N) is 1. The fourth-order valence-corrected chi connectivity index (χ4v) is 8.34. The van der Waals surface area contributed by atoms with Crippen molar-refractivity contribution in [3.8, 4) is 5.75 Å². The van der Waals surface area contributed by atoms with E-state index < -0.39 is 10.0 Å². The molecule has 1 aromatic heterocycles. The van der Waals surface area contributed by atoms with Crippen molar-refractivity contribution < 1.29 is 13.2 Å². The Hall–Kier alpha value is -1.60. The Morgan fingerprint density at radius 2 is 1.72 bits per heavy atom. The fourth-order valence-electron chi connectivity index (χ4n) is 6.38. The molecule has 0 atom stereocenters. The summed E-state index contributed by atoms with van der Waals surface area (Å²) >= 11 is 1.38. The van der Waals surface area contributed by atoms with Crippen molar-refractivity contribution >= 4 is 26.5 Å². The lowest BCUT2D eigenvalue weighted by atomic mass is 9.48. The Kier molecular flexibility index (Phi) is 4.86. The zero-order chi connectivity index (χ0) is 20.1. The Bertz CT molecular complexity index is 946. The van der Waals surface area contributed by atoms with Gasteiger partial charge in [-0.3, -0.25) is 4.72 Å². The van der Waals surface area contributed by atoms with Crippen molar-refractivity contribution in [3.63, 3.8) is 0 Å². The molecular formula is C22H28N2O3S2. The van der Waals surface area contributed by atoms with Gasteiger partial charge in [-0.25, -0.2) is 13.4 Å². The van der Waals surface area contributed by atoms with Gasteiger partial charge >= 0.3 is 0 Å². The van der Waals surface area contributed by atoms with Gasteiger partial charge in [0.05, 0.1) is 17.2 Å². The molecule has 4 saturated carbocycles. The summed E-state index contributed by atoms with van der Waals surface area (Å²) in [5.41, 5.74) is 1.45. The van der Waals surface area contributed by atoms with Crippen LogP contribution in [0.2, 0.25) is 0 Å². The lowest BCUT2D eigenvalue weighted by Crippen LogP contribution is -2.47. The van der Waals surface area contributed by atoms with E-state index in [1.807, 2.05) is 12.3 Å². The number of aromatic nitrogens is 1. The molecule has 0 radical (unpaired) electrons. The van der Waals surface area contributed by atoms with E-state index in [9.17, 15) is 8.42 Å². The zero-order valence-corrected chi connectivity index (χ0v) is 18.4. The van der Waals surface area contributed by atoms with E-state index in [-0.39, 0.29) is 4.90 Å². The number of anilines is 1. The van der Waals surface area contributed by atoms with Crippen LogP contribution < -0.4 is 9.46 Å². The highest BCUT2D eigenvalue weighted by Gasteiger charge is 2.50. The summed E-state index contributed by atoms with van der Waals surface area (Å²) in [5, 5.41) is 2.49. The van der Waals surface area contributed by atoms with Crippen LogP contribution in [0.1, 0.15) is 51.1 Å². The molecule has 0 amide bonds. The number of sulfonamides is 1. The maximum absolute atomic E-state index is 12.7. The normalized spacial score (nSPS) is 30.4. The highest BCUT2D eigenvalue weighted by Crippen LogP contribution is 2.61. The summed E-state index contributed by atoms with van der Waals surface area (Å²) in [5.74, 6) is 3.41. The van der Waals surface area contributed by atoms with Gasteiger partial charge in [0.25, 0.3) is 10.0 Å². The van der Waals surface area contributed by atoms with Crippen molar-refractivity contribution in [1.82, 2.24) is 4.98 Å². The molecule has 0 unspecified atom stereocenters. The zero-order valence-electron chi connectivity index (χ0n) is 16.8. The van der Waals surface area contributed by atoms with E-state index in [1.165, 1.54) is 49.9 Å². The monoisotopic (exact) mass is 432 g/mol. The Morgan fingerprint density at radius 1 is 1.10 bits per heavy atom. The van der Waals surface area contributed by atoms with Crippen LogP contribution in [-0.4, -0.2) is 20.0 Å². The number of nitrogens with zero attached hydrogens (tertiary/aromatic N) is 1. The molecule has 0 spiro atoms. The molecule has 156 valence electrons. The maximum atomic E-state index is 12.7. The molecule has 1 heterocycles. The SMILES string of the molecule is CCOc1ccc(S(=O)(=O)Nc2nc(CC34CC5CC(CC(C5)C3)C4)cs2)cc1. The lowest BCUT2D eigenvalue weighted by Gasteiger charge is -2.56. The Morgan fingerprint density at radius 3 is 2.31 bits per heavy atom. The van der Waals surface area contributed by atoms with Crippen LogP contribution >= 0.6 is 11.3 Å². The fraction of sp³-hybridized carbons (Fsp3) is 0.591. The Balaban J connectivity index is 1.28. The molecule has 1 N–H and O–H groups in total. The van der Waals surface area contributed by atoms with Gasteiger partial charge in [-0.2, -0.15) is 0 Å². The van der Waals surface area contributed by atoms with Crippen LogP contribution in [0.25, 0.3) is 0 Å². The minimum Gasteiger partial charge on any atom is -0.494 e. The summed E-state index contributed by atoms with van der Waals surface area (Å²) in [4.78, 5) is 4.87. The molecule has 4 bridgehead atoms. The molecule has 1 aromatic carbocycles. The first-order valence-electron chi connectivity index (χ1n) is 10.6. The average Bonchev–Trinajstić information content (AvgIpc) is 3.06. The summed E-state index contributed by atoms with van der Waals surface area (Å²) in [6.45, 7) is 2.45. The first kappa shape index (κ1) is 19.4. The number of benzene rings is 1. The van der Waals surface area contributed by atoms with E-state index in [1.54, 1.807) is 24.3 Å².